The Labute approximate surface area is 217 Å². The average Bonchev–Trinajstić information content (AvgIpc) is 3.63. The van der Waals surface area contributed by atoms with Crippen LogP contribution in [0.3, 0.4) is 0 Å². The van der Waals surface area contributed by atoms with Gasteiger partial charge < -0.3 is 14.7 Å². The van der Waals surface area contributed by atoms with E-state index in [0.717, 1.165) is 11.1 Å². The SMILES string of the molecule is CCC(COCC1CC1)N1C(=O)[C@@](C)(CC(=O)O)C[C@H](c2cccc(Cl)c2)[C@H]1c1ccc(Cl)cc1. The van der Waals surface area contributed by atoms with Crippen LogP contribution in [0.25, 0.3) is 0 Å². The molecule has 2 aromatic carbocycles. The van der Waals surface area contributed by atoms with Crippen molar-refractivity contribution in [3.05, 3.63) is 69.7 Å². The number of hydrogen-bond donors (Lipinski definition) is 1. The van der Waals surface area contributed by atoms with Crippen LogP contribution in [0.5, 0.6) is 0 Å². The molecule has 1 saturated heterocycles. The van der Waals surface area contributed by atoms with Crippen LogP contribution in [0.1, 0.15) is 69.0 Å². The van der Waals surface area contributed by atoms with Crippen LogP contribution < -0.4 is 0 Å². The van der Waals surface area contributed by atoms with E-state index < -0.39 is 11.4 Å². The number of hydrogen-bond acceptors (Lipinski definition) is 3. The lowest BCUT2D eigenvalue weighted by Crippen LogP contribution is -2.57. The van der Waals surface area contributed by atoms with Crippen LogP contribution in [0, 0.1) is 11.3 Å². The van der Waals surface area contributed by atoms with Crippen molar-refractivity contribution in [1.29, 1.82) is 0 Å². The van der Waals surface area contributed by atoms with E-state index in [1.165, 1.54) is 12.8 Å². The molecule has 1 N–H and O–H groups in total. The molecule has 0 bridgehead atoms. The molecule has 4 rings (SSSR count). The number of amides is 1. The van der Waals surface area contributed by atoms with E-state index in [9.17, 15) is 14.7 Å². The second kappa shape index (κ2) is 10.9. The molecule has 2 fully saturated rings. The predicted octanol–water partition coefficient (Wildman–Crippen LogP) is 6.74. The number of benzene rings is 2. The highest BCUT2D eigenvalue weighted by Gasteiger charge is 2.52. The lowest BCUT2D eigenvalue weighted by Gasteiger charge is -2.51. The molecule has 1 aliphatic heterocycles. The minimum atomic E-state index is -1.05. The number of carboxylic acids is 1. The molecule has 0 aromatic heterocycles. The highest BCUT2D eigenvalue weighted by molar-refractivity contribution is 6.30. The Balaban J connectivity index is 1.81. The molecule has 35 heavy (non-hydrogen) atoms. The minimum absolute atomic E-state index is 0.139. The first-order valence-corrected chi connectivity index (χ1v) is 13.1. The maximum absolute atomic E-state index is 14.1. The Kier molecular flexibility index (Phi) is 8.09. The molecule has 2 aromatic rings. The quantitative estimate of drug-likeness (QED) is 0.379. The number of nitrogens with zero attached hydrogens (tertiary/aromatic N) is 1. The van der Waals surface area contributed by atoms with Crippen molar-refractivity contribution in [3.63, 3.8) is 0 Å². The highest BCUT2D eigenvalue weighted by atomic mass is 35.5. The molecule has 1 heterocycles. The third-order valence-electron chi connectivity index (χ3n) is 7.36. The lowest BCUT2D eigenvalue weighted by molar-refractivity contribution is -0.162. The Morgan fingerprint density at radius 1 is 1.14 bits per heavy atom. The molecule has 5 nitrogen and oxygen atoms in total. The normalized spacial score (nSPS) is 25.5. The zero-order valence-corrected chi connectivity index (χ0v) is 21.8. The van der Waals surface area contributed by atoms with Crippen LogP contribution in [0.15, 0.2) is 48.5 Å². The monoisotopic (exact) mass is 517 g/mol. The molecule has 0 spiro atoms. The van der Waals surface area contributed by atoms with Crippen molar-refractivity contribution in [2.75, 3.05) is 13.2 Å². The first-order chi connectivity index (χ1) is 16.7. The van der Waals surface area contributed by atoms with Gasteiger partial charge >= 0.3 is 5.97 Å². The van der Waals surface area contributed by atoms with Gasteiger partial charge in [-0.15, -0.1) is 0 Å². The summed E-state index contributed by atoms with van der Waals surface area (Å²) in [6.45, 7) is 4.96. The second-order valence-electron chi connectivity index (χ2n) is 10.2. The predicted molar refractivity (Wildman–Crippen MR) is 138 cm³/mol. The third-order valence-corrected chi connectivity index (χ3v) is 7.84. The van der Waals surface area contributed by atoms with Gasteiger partial charge in [0.1, 0.15) is 0 Å². The molecule has 1 unspecified atom stereocenters. The number of ether oxygens (including phenoxy) is 1. The van der Waals surface area contributed by atoms with Crippen molar-refractivity contribution < 1.29 is 19.4 Å². The summed E-state index contributed by atoms with van der Waals surface area (Å²) in [7, 11) is 0. The van der Waals surface area contributed by atoms with Gasteiger partial charge in [0.25, 0.3) is 0 Å². The molecule has 0 radical (unpaired) electrons. The summed E-state index contributed by atoms with van der Waals surface area (Å²) in [6.07, 6.45) is 3.26. The topological polar surface area (TPSA) is 66.8 Å². The summed E-state index contributed by atoms with van der Waals surface area (Å²) in [5.74, 6) is -0.642. The smallest absolute Gasteiger partial charge is 0.304 e. The largest absolute Gasteiger partial charge is 0.481 e. The van der Waals surface area contributed by atoms with E-state index in [1.807, 2.05) is 53.4 Å². The molecule has 1 amide bonds. The van der Waals surface area contributed by atoms with E-state index in [2.05, 4.69) is 6.92 Å². The second-order valence-corrected chi connectivity index (χ2v) is 11.1. The van der Waals surface area contributed by atoms with Crippen molar-refractivity contribution in [3.8, 4) is 0 Å². The minimum Gasteiger partial charge on any atom is -0.481 e. The molecular weight excluding hydrogens is 485 g/mol. The molecule has 1 aliphatic carbocycles. The number of carbonyl (C=O) groups is 2. The van der Waals surface area contributed by atoms with Gasteiger partial charge in [-0.25, -0.2) is 0 Å². The van der Waals surface area contributed by atoms with Crippen molar-refractivity contribution in [1.82, 2.24) is 4.90 Å². The van der Waals surface area contributed by atoms with E-state index in [4.69, 9.17) is 27.9 Å². The van der Waals surface area contributed by atoms with Gasteiger partial charge in [-0.1, -0.05) is 61.3 Å². The molecule has 4 atom stereocenters. The number of carbonyl (C=O) groups excluding carboxylic acids is 1. The van der Waals surface area contributed by atoms with Crippen LogP contribution in [-0.4, -0.2) is 41.1 Å². The fraction of sp³-hybridized carbons (Fsp3) is 0.500. The number of aliphatic carboxylic acids is 1. The maximum Gasteiger partial charge on any atom is 0.304 e. The highest BCUT2D eigenvalue weighted by Crippen LogP contribution is 2.52. The van der Waals surface area contributed by atoms with Crippen molar-refractivity contribution in [2.24, 2.45) is 11.3 Å². The van der Waals surface area contributed by atoms with Crippen LogP contribution in [0.2, 0.25) is 10.0 Å². The van der Waals surface area contributed by atoms with Crippen molar-refractivity contribution >= 4 is 35.1 Å². The lowest BCUT2D eigenvalue weighted by atomic mass is 9.67. The number of halogens is 2. The van der Waals surface area contributed by atoms with Crippen LogP contribution >= 0.6 is 23.2 Å². The van der Waals surface area contributed by atoms with Gasteiger partial charge in [-0.3, -0.25) is 9.59 Å². The summed E-state index contributed by atoms with van der Waals surface area (Å²) in [5.41, 5.74) is 0.900. The van der Waals surface area contributed by atoms with E-state index in [1.54, 1.807) is 6.92 Å². The van der Waals surface area contributed by atoms with Crippen LogP contribution in [-0.2, 0) is 14.3 Å². The van der Waals surface area contributed by atoms with E-state index in [-0.39, 0.29) is 30.3 Å². The number of likely N-dealkylation sites (tertiary alicyclic amines) is 1. The summed E-state index contributed by atoms with van der Waals surface area (Å²) >= 11 is 12.6. The fourth-order valence-electron chi connectivity index (χ4n) is 5.33. The van der Waals surface area contributed by atoms with E-state index >= 15 is 0 Å². The van der Waals surface area contributed by atoms with Gasteiger partial charge in [-0.2, -0.15) is 0 Å². The summed E-state index contributed by atoms with van der Waals surface area (Å²) < 4.78 is 6.07. The Morgan fingerprint density at radius 2 is 1.86 bits per heavy atom. The zero-order chi connectivity index (χ0) is 25.2. The standard InChI is InChI=1S/C28H33Cl2NO4/c1-3-23(17-35-16-18-7-8-18)31-26(19-9-11-21(29)12-10-19)24(20-5-4-6-22(30)13-20)14-28(2,27(31)34)15-25(32)33/h4-6,9-13,18,23-24,26H,3,7-8,14-17H2,1-2H3,(H,32,33)/t23?,24-,26-,28-/m1/s1. The van der Waals surface area contributed by atoms with Gasteiger partial charge in [0.15, 0.2) is 0 Å². The van der Waals surface area contributed by atoms with E-state index in [0.29, 0.717) is 42.0 Å². The van der Waals surface area contributed by atoms with Crippen molar-refractivity contribution in [2.45, 2.75) is 64.0 Å². The molecule has 2 aliphatic rings. The van der Waals surface area contributed by atoms with Crippen LogP contribution in [0.4, 0.5) is 0 Å². The number of carboxylic acid groups (broad SMARTS) is 1. The molecule has 188 valence electrons. The first-order valence-electron chi connectivity index (χ1n) is 12.3. The Bertz CT molecular complexity index is 1060. The number of piperidine rings is 1. The summed E-state index contributed by atoms with van der Waals surface area (Å²) in [6, 6.07) is 14.8. The summed E-state index contributed by atoms with van der Waals surface area (Å²) in [5, 5.41) is 11.0. The summed E-state index contributed by atoms with van der Waals surface area (Å²) in [4.78, 5) is 27.9. The molecular formula is C28H33Cl2NO4. The molecule has 7 heteroatoms. The maximum atomic E-state index is 14.1. The Hall–Kier alpha value is -2.08. The fourth-order valence-corrected chi connectivity index (χ4v) is 5.66. The molecule has 1 saturated carbocycles. The van der Waals surface area contributed by atoms with Gasteiger partial charge in [-0.05, 0) is 67.0 Å². The van der Waals surface area contributed by atoms with Gasteiger partial charge in [0.2, 0.25) is 5.91 Å². The van der Waals surface area contributed by atoms with Gasteiger partial charge in [0.05, 0.1) is 30.5 Å². The third kappa shape index (κ3) is 6.02. The Morgan fingerprint density at radius 3 is 2.46 bits per heavy atom. The zero-order valence-electron chi connectivity index (χ0n) is 20.3. The first kappa shape index (κ1) is 26.0. The average molecular weight is 518 g/mol. The number of rotatable bonds is 10. The van der Waals surface area contributed by atoms with Gasteiger partial charge in [0, 0.05) is 22.6 Å².